The van der Waals surface area contributed by atoms with Crippen LogP contribution in [0.2, 0.25) is 5.02 Å². The average molecular weight is 426 g/mol. The second-order valence-electron chi connectivity index (χ2n) is 6.35. The maximum Gasteiger partial charge on any atom is 0.282 e. The number of nitrogens with two attached hydrogens (primary N) is 2. The number of thiophene rings is 1. The second kappa shape index (κ2) is 7.57. The summed E-state index contributed by atoms with van der Waals surface area (Å²) in [5.74, 6) is -0.410. The van der Waals surface area contributed by atoms with E-state index in [1.807, 2.05) is 12.1 Å². The van der Waals surface area contributed by atoms with E-state index in [-0.39, 0.29) is 11.1 Å². The van der Waals surface area contributed by atoms with Crippen molar-refractivity contribution < 1.29 is 4.79 Å². The summed E-state index contributed by atoms with van der Waals surface area (Å²) < 4.78 is 1.17. The zero-order valence-corrected chi connectivity index (χ0v) is 16.6. The Morgan fingerprint density at radius 1 is 1.10 bits per heavy atom. The minimum atomic E-state index is -0.410. The van der Waals surface area contributed by atoms with E-state index in [9.17, 15) is 9.59 Å². The number of rotatable bonds is 4. The SMILES string of the molecule is Nc1ccc(CNC(=O)c2nn(-c3ccc(Cl)cc3)c(=O)c3c(N)scc23)cc1. The molecule has 146 valence electrons. The van der Waals surface area contributed by atoms with Crippen molar-refractivity contribution in [3.8, 4) is 5.69 Å². The number of anilines is 2. The molecular formula is C20H16ClN5O2S. The summed E-state index contributed by atoms with van der Waals surface area (Å²) >= 11 is 7.13. The van der Waals surface area contributed by atoms with Gasteiger partial charge in [0.25, 0.3) is 11.5 Å². The fraction of sp³-hybridized carbons (Fsp3) is 0.0500. The molecule has 0 saturated carbocycles. The highest BCUT2D eigenvalue weighted by Crippen LogP contribution is 2.27. The maximum atomic E-state index is 12.9. The molecule has 1 amide bonds. The van der Waals surface area contributed by atoms with Crippen LogP contribution in [0.5, 0.6) is 0 Å². The van der Waals surface area contributed by atoms with Crippen molar-refractivity contribution in [3.05, 3.63) is 80.5 Å². The molecule has 9 heteroatoms. The van der Waals surface area contributed by atoms with E-state index < -0.39 is 11.5 Å². The lowest BCUT2D eigenvalue weighted by Crippen LogP contribution is -2.29. The Morgan fingerprint density at radius 3 is 2.48 bits per heavy atom. The quantitative estimate of drug-likeness (QED) is 0.434. The van der Waals surface area contributed by atoms with E-state index in [0.29, 0.717) is 33.3 Å². The standard InChI is InChI=1S/C20H16ClN5O2S/c21-12-3-7-14(8-4-12)26-20(28)16-15(10-29-18(16)23)17(25-26)19(27)24-9-11-1-5-13(22)6-2-11/h1-8,10H,9,22-23H2,(H,24,27). The first kappa shape index (κ1) is 19.0. The van der Waals surface area contributed by atoms with Gasteiger partial charge in [-0.15, -0.1) is 11.3 Å². The van der Waals surface area contributed by atoms with E-state index in [4.69, 9.17) is 23.1 Å². The van der Waals surface area contributed by atoms with Crippen molar-refractivity contribution in [1.29, 1.82) is 0 Å². The molecule has 0 aliphatic heterocycles. The minimum Gasteiger partial charge on any atom is -0.399 e. The highest BCUT2D eigenvalue weighted by molar-refractivity contribution is 7.15. The van der Waals surface area contributed by atoms with Crippen LogP contribution >= 0.6 is 22.9 Å². The van der Waals surface area contributed by atoms with Gasteiger partial charge in [0.15, 0.2) is 5.69 Å². The molecular weight excluding hydrogens is 410 g/mol. The Kier molecular flexibility index (Phi) is 4.96. The zero-order chi connectivity index (χ0) is 20.5. The predicted molar refractivity (Wildman–Crippen MR) is 117 cm³/mol. The largest absolute Gasteiger partial charge is 0.399 e. The lowest BCUT2D eigenvalue weighted by atomic mass is 10.2. The Hall–Kier alpha value is -3.36. The Balaban J connectivity index is 1.75. The number of fused-ring (bicyclic) bond motifs is 1. The van der Waals surface area contributed by atoms with Gasteiger partial charge in [-0.2, -0.15) is 9.78 Å². The van der Waals surface area contributed by atoms with Gasteiger partial charge in [-0.05, 0) is 42.0 Å². The molecule has 2 aromatic heterocycles. The van der Waals surface area contributed by atoms with Crippen LogP contribution in [0.15, 0.2) is 58.7 Å². The molecule has 0 fully saturated rings. The number of aromatic nitrogens is 2. The number of nitrogens with one attached hydrogen (secondary N) is 1. The third-order valence-electron chi connectivity index (χ3n) is 4.40. The molecule has 7 nitrogen and oxygen atoms in total. The summed E-state index contributed by atoms with van der Waals surface area (Å²) in [6.07, 6.45) is 0. The number of halogens is 1. The monoisotopic (exact) mass is 425 g/mol. The maximum absolute atomic E-state index is 12.9. The lowest BCUT2D eigenvalue weighted by molar-refractivity contribution is 0.0946. The molecule has 0 aliphatic carbocycles. The van der Waals surface area contributed by atoms with Crippen molar-refractivity contribution in [2.75, 3.05) is 11.5 Å². The molecule has 0 saturated heterocycles. The van der Waals surface area contributed by atoms with Crippen molar-refractivity contribution >= 4 is 50.3 Å². The van der Waals surface area contributed by atoms with Gasteiger partial charge in [-0.3, -0.25) is 9.59 Å². The molecule has 0 radical (unpaired) electrons. The Bertz CT molecular complexity index is 1260. The molecule has 0 bridgehead atoms. The second-order valence-corrected chi connectivity index (χ2v) is 7.70. The molecule has 4 rings (SSSR count). The summed E-state index contributed by atoms with van der Waals surface area (Å²) in [7, 11) is 0. The summed E-state index contributed by atoms with van der Waals surface area (Å²) in [5.41, 5.74) is 13.4. The number of carbonyl (C=O) groups excluding carboxylic acids is 1. The first-order valence-corrected chi connectivity index (χ1v) is 9.88. The van der Waals surface area contributed by atoms with Crippen LogP contribution in [0.25, 0.3) is 16.5 Å². The average Bonchev–Trinajstić information content (AvgIpc) is 3.11. The lowest BCUT2D eigenvalue weighted by Gasteiger charge is -2.10. The van der Waals surface area contributed by atoms with Crippen LogP contribution in [-0.4, -0.2) is 15.7 Å². The third kappa shape index (κ3) is 3.67. The summed E-state index contributed by atoms with van der Waals surface area (Å²) in [5, 5.41) is 10.4. The molecule has 0 spiro atoms. The summed E-state index contributed by atoms with van der Waals surface area (Å²) in [6, 6.07) is 13.8. The van der Waals surface area contributed by atoms with Gasteiger partial charge in [-0.1, -0.05) is 23.7 Å². The third-order valence-corrected chi connectivity index (χ3v) is 5.46. The van der Waals surface area contributed by atoms with Crippen molar-refractivity contribution in [1.82, 2.24) is 15.1 Å². The van der Waals surface area contributed by atoms with Crippen molar-refractivity contribution in [3.63, 3.8) is 0 Å². The molecule has 0 atom stereocenters. The van der Waals surface area contributed by atoms with E-state index in [1.165, 1.54) is 16.0 Å². The number of nitrogen functional groups attached to an aromatic ring is 2. The van der Waals surface area contributed by atoms with E-state index in [2.05, 4.69) is 10.4 Å². The van der Waals surface area contributed by atoms with Crippen LogP contribution in [0.1, 0.15) is 16.1 Å². The molecule has 0 unspecified atom stereocenters. The number of amides is 1. The molecule has 4 aromatic rings. The highest BCUT2D eigenvalue weighted by atomic mass is 35.5. The van der Waals surface area contributed by atoms with Gasteiger partial charge in [0.1, 0.15) is 0 Å². The van der Waals surface area contributed by atoms with E-state index in [1.54, 1.807) is 41.8 Å². The Morgan fingerprint density at radius 2 is 1.79 bits per heavy atom. The molecule has 2 aromatic carbocycles. The summed E-state index contributed by atoms with van der Waals surface area (Å²) in [6.45, 7) is 0.294. The Labute approximate surface area is 174 Å². The van der Waals surface area contributed by atoms with Crippen LogP contribution in [0.3, 0.4) is 0 Å². The summed E-state index contributed by atoms with van der Waals surface area (Å²) in [4.78, 5) is 25.8. The van der Waals surface area contributed by atoms with Crippen LogP contribution in [0, 0.1) is 0 Å². The first-order valence-electron chi connectivity index (χ1n) is 8.62. The number of nitrogens with zero attached hydrogens (tertiary/aromatic N) is 2. The zero-order valence-electron chi connectivity index (χ0n) is 15.1. The molecule has 0 aliphatic rings. The smallest absolute Gasteiger partial charge is 0.282 e. The fourth-order valence-corrected chi connectivity index (χ4v) is 3.81. The van der Waals surface area contributed by atoms with Crippen LogP contribution < -0.4 is 22.3 Å². The van der Waals surface area contributed by atoms with Gasteiger partial charge in [-0.25, -0.2) is 0 Å². The fourth-order valence-electron chi connectivity index (χ4n) is 2.90. The number of hydrogen-bond acceptors (Lipinski definition) is 6. The molecule has 29 heavy (non-hydrogen) atoms. The minimum absolute atomic E-state index is 0.123. The van der Waals surface area contributed by atoms with Gasteiger partial charge in [0.05, 0.1) is 16.1 Å². The van der Waals surface area contributed by atoms with E-state index in [0.717, 1.165) is 5.56 Å². The van der Waals surface area contributed by atoms with E-state index >= 15 is 0 Å². The van der Waals surface area contributed by atoms with Gasteiger partial charge in [0.2, 0.25) is 0 Å². The predicted octanol–water partition coefficient (Wildman–Crippen LogP) is 3.20. The van der Waals surface area contributed by atoms with Gasteiger partial charge < -0.3 is 16.8 Å². The van der Waals surface area contributed by atoms with Crippen molar-refractivity contribution in [2.45, 2.75) is 6.54 Å². The first-order chi connectivity index (χ1) is 13.9. The van der Waals surface area contributed by atoms with Crippen LogP contribution in [0.4, 0.5) is 10.7 Å². The van der Waals surface area contributed by atoms with Crippen molar-refractivity contribution in [2.24, 2.45) is 0 Å². The molecule has 2 heterocycles. The molecule has 5 N–H and O–H groups in total. The number of carbonyl (C=O) groups is 1. The number of benzene rings is 2. The topological polar surface area (TPSA) is 116 Å². The van der Waals surface area contributed by atoms with Gasteiger partial charge in [0, 0.05) is 28.0 Å². The highest BCUT2D eigenvalue weighted by Gasteiger charge is 2.20. The van der Waals surface area contributed by atoms with Crippen LogP contribution in [-0.2, 0) is 6.54 Å². The van der Waals surface area contributed by atoms with Gasteiger partial charge >= 0.3 is 0 Å². The number of hydrogen-bond donors (Lipinski definition) is 3. The normalized spacial score (nSPS) is 10.9.